The van der Waals surface area contributed by atoms with Crippen molar-refractivity contribution in [3.05, 3.63) is 74.1 Å². The van der Waals surface area contributed by atoms with Crippen LogP contribution in [0.1, 0.15) is 11.1 Å². The van der Waals surface area contributed by atoms with Crippen LogP contribution in [0.25, 0.3) is 11.0 Å². The van der Waals surface area contributed by atoms with Gasteiger partial charge in [0.25, 0.3) is 0 Å². The van der Waals surface area contributed by atoms with Crippen molar-refractivity contribution < 1.29 is 14.1 Å². The van der Waals surface area contributed by atoms with Gasteiger partial charge in [0.05, 0.1) is 24.2 Å². The number of ether oxygens (including phenoxy) is 1. The topological polar surface area (TPSA) is 43.9 Å². The van der Waals surface area contributed by atoms with Gasteiger partial charge in [-0.3, -0.25) is 0 Å². The summed E-state index contributed by atoms with van der Waals surface area (Å²) in [6, 6.07) is 12.6. The monoisotopic (exact) mass is 378 g/mol. The fraction of sp³-hybridized carbons (Fsp3) is 0.211. The Morgan fingerprint density at radius 3 is 2.60 bits per heavy atom. The van der Waals surface area contributed by atoms with Crippen molar-refractivity contribution in [1.82, 2.24) is 0 Å². The summed E-state index contributed by atoms with van der Waals surface area (Å²) in [5.41, 5.74) is 2.05. The predicted molar refractivity (Wildman–Crippen MR) is 99.8 cm³/mol. The van der Waals surface area contributed by atoms with Crippen molar-refractivity contribution >= 4 is 34.2 Å². The van der Waals surface area contributed by atoms with E-state index in [1.807, 2.05) is 31.3 Å². The first-order valence-corrected chi connectivity index (χ1v) is 8.58. The predicted octanol–water partition coefficient (Wildman–Crippen LogP) is 3.32. The molecule has 4 nitrogen and oxygen atoms in total. The molecule has 25 heavy (non-hydrogen) atoms. The van der Waals surface area contributed by atoms with Crippen LogP contribution in [-0.4, -0.2) is 14.2 Å². The second-order valence-electron chi connectivity index (χ2n) is 5.98. The lowest BCUT2D eigenvalue weighted by Gasteiger charge is -2.16. The van der Waals surface area contributed by atoms with E-state index < -0.39 is 0 Å². The van der Waals surface area contributed by atoms with E-state index in [1.165, 1.54) is 11.0 Å². The molecule has 3 aromatic rings. The maximum Gasteiger partial charge on any atom is 0.336 e. The van der Waals surface area contributed by atoms with Crippen LogP contribution in [0.15, 0.2) is 51.7 Å². The Balaban J connectivity index is 1.89. The van der Waals surface area contributed by atoms with Gasteiger partial charge in [-0.25, -0.2) is 4.79 Å². The van der Waals surface area contributed by atoms with E-state index >= 15 is 0 Å². The van der Waals surface area contributed by atoms with Gasteiger partial charge in [0.15, 0.2) is 0 Å². The van der Waals surface area contributed by atoms with Crippen molar-refractivity contribution in [1.29, 1.82) is 0 Å². The fourth-order valence-electron chi connectivity index (χ4n) is 2.88. The van der Waals surface area contributed by atoms with Crippen LogP contribution >= 0.6 is 23.2 Å². The van der Waals surface area contributed by atoms with E-state index in [2.05, 4.69) is 0 Å². The summed E-state index contributed by atoms with van der Waals surface area (Å²) in [6.07, 6.45) is 0. The third-order valence-corrected chi connectivity index (χ3v) is 4.91. The summed E-state index contributed by atoms with van der Waals surface area (Å²) in [5, 5.41) is 2.02. The number of hydrogen-bond acceptors (Lipinski definition) is 3. The molecule has 6 heteroatoms. The van der Waals surface area contributed by atoms with E-state index in [-0.39, 0.29) is 5.63 Å². The Kier molecular flexibility index (Phi) is 5.33. The lowest BCUT2D eigenvalue weighted by molar-refractivity contribution is -0.907. The van der Waals surface area contributed by atoms with Gasteiger partial charge in [-0.1, -0.05) is 35.3 Å². The molecule has 1 unspecified atom stereocenters. The first-order valence-electron chi connectivity index (χ1n) is 7.83. The second-order valence-corrected chi connectivity index (χ2v) is 6.76. The molecule has 0 radical (unpaired) electrons. The summed E-state index contributed by atoms with van der Waals surface area (Å²) < 4.78 is 10.5. The average molecular weight is 379 g/mol. The van der Waals surface area contributed by atoms with Crippen LogP contribution in [-0.2, 0) is 13.1 Å². The summed E-state index contributed by atoms with van der Waals surface area (Å²) >= 11 is 12.3. The molecule has 3 rings (SSSR count). The molecule has 1 N–H and O–H groups in total. The molecule has 0 saturated carbocycles. The highest BCUT2D eigenvalue weighted by atomic mass is 35.5. The van der Waals surface area contributed by atoms with Crippen LogP contribution in [0.3, 0.4) is 0 Å². The Labute approximate surface area is 155 Å². The van der Waals surface area contributed by atoms with E-state index in [4.69, 9.17) is 32.4 Å². The molecule has 1 heterocycles. The van der Waals surface area contributed by atoms with Crippen molar-refractivity contribution in [3.63, 3.8) is 0 Å². The van der Waals surface area contributed by atoms with Gasteiger partial charge in [0.2, 0.25) is 0 Å². The van der Waals surface area contributed by atoms with Gasteiger partial charge in [-0.05, 0) is 18.2 Å². The molecule has 1 atom stereocenters. The van der Waals surface area contributed by atoms with Crippen LogP contribution in [0.5, 0.6) is 5.75 Å². The Hall–Kier alpha value is -2.01. The molecule has 0 spiro atoms. The minimum Gasteiger partial charge on any atom is -0.497 e. The molecular weight excluding hydrogens is 361 g/mol. The zero-order valence-electron chi connectivity index (χ0n) is 13.9. The van der Waals surface area contributed by atoms with Crippen molar-refractivity contribution in [2.24, 2.45) is 0 Å². The zero-order valence-corrected chi connectivity index (χ0v) is 15.4. The maximum atomic E-state index is 11.9. The third kappa shape index (κ3) is 3.98. The highest BCUT2D eigenvalue weighted by Gasteiger charge is 2.14. The van der Waals surface area contributed by atoms with Crippen LogP contribution in [0, 0.1) is 0 Å². The van der Waals surface area contributed by atoms with Crippen molar-refractivity contribution in [2.45, 2.75) is 13.1 Å². The molecule has 0 aliphatic carbocycles. The quantitative estimate of drug-likeness (QED) is 0.692. The van der Waals surface area contributed by atoms with Crippen LogP contribution in [0.4, 0.5) is 0 Å². The smallest absolute Gasteiger partial charge is 0.336 e. The zero-order chi connectivity index (χ0) is 18.0. The first kappa shape index (κ1) is 17.8. The molecule has 1 aromatic heterocycles. The van der Waals surface area contributed by atoms with E-state index in [9.17, 15) is 4.79 Å². The maximum absolute atomic E-state index is 11.9. The van der Waals surface area contributed by atoms with Crippen LogP contribution in [0.2, 0.25) is 10.0 Å². The molecule has 130 valence electrons. The minimum absolute atomic E-state index is 0.371. The average Bonchev–Trinajstić information content (AvgIpc) is 2.58. The second kappa shape index (κ2) is 7.48. The van der Waals surface area contributed by atoms with E-state index in [0.717, 1.165) is 16.5 Å². The van der Waals surface area contributed by atoms with Gasteiger partial charge in [-0.2, -0.15) is 0 Å². The molecule has 2 aromatic carbocycles. The highest BCUT2D eigenvalue weighted by Crippen LogP contribution is 2.25. The normalized spacial score (nSPS) is 12.3. The van der Waals surface area contributed by atoms with Gasteiger partial charge in [-0.15, -0.1) is 0 Å². The Morgan fingerprint density at radius 2 is 1.84 bits per heavy atom. The molecule has 0 amide bonds. The molecule has 0 fully saturated rings. The van der Waals surface area contributed by atoms with Gasteiger partial charge < -0.3 is 14.1 Å². The Morgan fingerprint density at radius 1 is 1.08 bits per heavy atom. The number of rotatable bonds is 5. The number of fused-ring (bicyclic) bond motifs is 1. The Bertz CT molecular complexity index is 969. The SMILES string of the molecule is COc1ccc2c(C[NH+](C)Cc3cccc(Cl)c3Cl)cc(=O)oc2c1. The molecule has 0 aliphatic rings. The molecule has 0 aliphatic heterocycles. The first-order chi connectivity index (χ1) is 12.0. The summed E-state index contributed by atoms with van der Waals surface area (Å²) in [4.78, 5) is 13.1. The van der Waals surface area contributed by atoms with Gasteiger partial charge in [0.1, 0.15) is 24.4 Å². The molecule has 0 bridgehead atoms. The standard InChI is InChI=1S/C19H17Cl2NO3/c1-22(10-12-4-3-5-16(20)19(12)21)11-13-8-18(23)25-17-9-14(24-2)6-7-15(13)17/h3-9H,10-11H2,1-2H3/p+1. The van der Waals surface area contributed by atoms with Crippen molar-refractivity contribution in [2.75, 3.05) is 14.2 Å². The van der Waals surface area contributed by atoms with Crippen molar-refractivity contribution in [3.8, 4) is 5.75 Å². The summed E-state index contributed by atoms with van der Waals surface area (Å²) in [7, 11) is 3.62. The van der Waals surface area contributed by atoms with Crippen LogP contribution < -0.4 is 15.3 Å². The number of methoxy groups -OCH3 is 1. The highest BCUT2D eigenvalue weighted by molar-refractivity contribution is 6.42. The lowest BCUT2D eigenvalue weighted by atomic mass is 10.1. The number of nitrogens with one attached hydrogen (secondary N) is 1. The van der Waals surface area contributed by atoms with Gasteiger partial charge in [0, 0.05) is 28.6 Å². The van der Waals surface area contributed by atoms with E-state index in [1.54, 1.807) is 19.2 Å². The summed E-state index contributed by atoms with van der Waals surface area (Å²) in [5.74, 6) is 0.652. The van der Waals surface area contributed by atoms with Gasteiger partial charge >= 0.3 is 5.63 Å². The van der Waals surface area contributed by atoms with E-state index in [0.29, 0.717) is 34.5 Å². The number of halogens is 2. The lowest BCUT2D eigenvalue weighted by Crippen LogP contribution is -3.06. The number of benzene rings is 2. The third-order valence-electron chi connectivity index (χ3n) is 4.05. The molecule has 0 saturated heterocycles. The molecular formula is C19H18Cl2NO3+. The number of hydrogen-bond donors (Lipinski definition) is 1. The largest absolute Gasteiger partial charge is 0.497 e. The summed E-state index contributed by atoms with van der Waals surface area (Å²) in [6.45, 7) is 1.34. The number of quaternary nitrogens is 1. The minimum atomic E-state index is -0.371. The fourth-order valence-corrected chi connectivity index (χ4v) is 3.27.